The summed E-state index contributed by atoms with van der Waals surface area (Å²) in [6, 6.07) is 7.68. The van der Waals surface area contributed by atoms with Gasteiger partial charge >= 0.3 is 0 Å². The smallest absolute Gasteiger partial charge is 0.227 e. The topological polar surface area (TPSA) is 42.4 Å². The van der Waals surface area contributed by atoms with Crippen LogP contribution in [0.1, 0.15) is 41.0 Å². The fourth-order valence-corrected chi connectivity index (χ4v) is 3.41. The van der Waals surface area contributed by atoms with Gasteiger partial charge in [0, 0.05) is 11.9 Å². The first kappa shape index (κ1) is 17.5. The number of amides is 1. The van der Waals surface area contributed by atoms with Gasteiger partial charge in [-0.3, -0.25) is 4.79 Å². The summed E-state index contributed by atoms with van der Waals surface area (Å²) in [6.07, 6.45) is 0.384. The van der Waals surface area contributed by atoms with Gasteiger partial charge in [-0.2, -0.15) is 0 Å². The molecule has 0 unspecified atom stereocenters. The largest absolute Gasteiger partial charge is 0.494 e. The zero-order chi connectivity index (χ0) is 17.0. The van der Waals surface area contributed by atoms with Crippen LogP contribution in [-0.4, -0.2) is 29.4 Å². The molecule has 0 spiro atoms. The van der Waals surface area contributed by atoms with Crippen molar-refractivity contribution in [2.75, 3.05) is 13.7 Å². The van der Waals surface area contributed by atoms with E-state index < -0.39 is 0 Å². The molecule has 5 heteroatoms. The van der Waals surface area contributed by atoms with Gasteiger partial charge in [0.15, 0.2) is 0 Å². The van der Waals surface area contributed by atoms with Crippen LogP contribution in [0.4, 0.5) is 0 Å². The maximum absolute atomic E-state index is 12.5. The number of hydrogen-bond acceptors (Lipinski definition) is 4. The van der Waals surface area contributed by atoms with E-state index in [4.69, 9.17) is 4.74 Å². The van der Waals surface area contributed by atoms with Gasteiger partial charge < -0.3 is 9.64 Å². The normalized spacial score (nSPS) is 12.0. The average molecular weight is 332 g/mol. The first-order chi connectivity index (χ1) is 10.9. The van der Waals surface area contributed by atoms with Crippen LogP contribution in [0.3, 0.4) is 0 Å². The Labute approximate surface area is 142 Å². The summed E-state index contributed by atoms with van der Waals surface area (Å²) in [5.41, 5.74) is 1.98. The van der Waals surface area contributed by atoms with Crippen LogP contribution in [0, 0.1) is 13.8 Å². The average Bonchev–Trinajstić information content (AvgIpc) is 2.86. The van der Waals surface area contributed by atoms with E-state index >= 15 is 0 Å². The summed E-state index contributed by atoms with van der Waals surface area (Å²) in [5.74, 6) is 0.922. The zero-order valence-corrected chi connectivity index (χ0v) is 15.2. The minimum Gasteiger partial charge on any atom is -0.494 e. The lowest BCUT2D eigenvalue weighted by Crippen LogP contribution is -2.31. The quantitative estimate of drug-likeness (QED) is 0.805. The number of aromatic nitrogens is 1. The molecule has 1 aromatic heterocycles. The predicted octanol–water partition coefficient (Wildman–Crippen LogP) is 3.92. The molecule has 0 bridgehead atoms. The van der Waals surface area contributed by atoms with Gasteiger partial charge in [-0.05, 0) is 45.4 Å². The van der Waals surface area contributed by atoms with Crippen LogP contribution >= 0.6 is 11.3 Å². The Morgan fingerprint density at radius 2 is 1.96 bits per heavy atom. The van der Waals surface area contributed by atoms with Gasteiger partial charge in [-0.25, -0.2) is 4.98 Å². The van der Waals surface area contributed by atoms with Gasteiger partial charge in [-0.15, -0.1) is 11.3 Å². The molecule has 23 heavy (non-hydrogen) atoms. The highest BCUT2D eigenvalue weighted by molar-refractivity contribution is 7.11. The van der Waals surface area contributed by atoms with Crippen molar-refractivity contribution >= 4 is 17.2 Å². The van der Waals surface area contributed by atoms with Crippen LogP contribution in [0.15, 0.2) is 24.3 Å². The van der Waals surface area contributed by atoms with Crippen molar-refractivity contribution in [2.45, 2.75) is 40.2 Å². The summed E-state index contributed by atoms with van der Waals surface area (Å²) in [7, 11) is 1.84. The molecule has 0 radical (unpaired) electrons. The van der Waals surface area contributed by atoms with Gasteiger partial charge in [0.2, 0.25) is 5.91 Å². The Morgan fingerprint density at radius 3 is 2.48 bits per heavy atom. The fourth-order valence-electron chi connectivity index (χ4n) is 2.50. The number of aryl methyl sites for hydroxylation is 2. The number of carbonyl (C=O) groups excluding carboxylic acids is 1. The summed E-state index contributed by atoms with van der Waals surface area (Å²) in [4.78, 5) is 20.0. The molecular formula is C18H24N2O2S. The van der Waals surface area contributed by atoms with Crippen molar-refractivity contribution in [2.24, 2.45) is 0 Å². The zero-order valence-electron chi connectivity index (χ0n) is 14.4. The number of nitrogens with zero attached hydrogens (tertiary/aromatic N) is 2. The molecule has 1 heterocycles. The Bertz CT molecular complexity index is 664. The number of rotatable bonds is 6. The second-order valence-corrected chi connectivity index (χ2v) is 7.02. The molecule has 4 nitrogen and oxygen atoms in total. The highest BCUT2D eigenvalue weighted by Gasteiger charge is 2.21. The fraction of sp³-hybridized carbons (Fsp3) is 0.444. The molecule has 2 aromatic rings. The van der Waals surface area contributed by atoms with E-state index in [0.717, 1.165) is 22.0 Å². The predicted molar refractivity (Wildman–Crippen MR) is 94.1 cm³/mol. The summed E-state index contributed by atoms with van der Waals surface area (Å²) < 4.78 is 5.42. The lowest BCUT2D eigenvalue weighted by Gasteiger charge is -2.24. The lowest BCUT2D eigenvalue weighted by atomic mass is 10.1. The van der Waals surface area contributed by atoms with E-state index in [9.17, 15) is 4.79 Å². The third-order valence-corrected chi connectivity index (χ3v) is 4.80. The number of ether oxygens (including phenoxy) is 1. The Kier molecular flexibility index (Phi) is 5.77. The Hall–Kier alpha value is -1.88. The number of benzene rings is 1. The van der Waals surface area contributed by atoms with Crippen molar-refractivity contribution in [1.29, 1.82) is 0 Å². The molecule has 0 aliphatic heterocycles. The molecule has 2 rings (SSSR count). The van der Waals surface area contributed by atoms with E-state index in [2.05, 4.69) is 11.9 Å². The van der Waals surface area contributed by atoms with Gasteiger partial charge in [0.1, 0.15) is 5.75 Å². The summed E-state index contributed by atoms with van der Waals surface area (Å²) in [5, 5.41) is 1.04. The standard InChI is InChI=1S/C18H24N2O2S/c1-6-22-16-9-7-15(8-10-16)11-17(21)20(5)12(2)18-13(3)23-14(4)19-18/h7-10,12H,6,11H2,1-5H3/t12-/m1/s1. The van der Waals surface area contributed by atoms with E-state index in [1.54, 1.807) is 16.2 Å². The number of likely N-dealkylation sites (N-methyl/N-ethyl adjacent to an activating group) is 1. The molecule has 0 aliphatic carbocycles. The number of hydrogen-bond donors (Lipinski definition) is 0. The van der Waals surface area contributed by atoms with E-state index in [1.165, 1.54) is 4.88 Å². The first-order valence-electron chi connectivity index (χ1n) is 7.83. The second kappa shape index (κ2) is 7.59. The van der Waals surface area contributed by atoms with Gasteiger partial charge in [0.25, 0.3) is 0 Å². The minimum atomic E-state index is -0.0184. The minimum absolute atomic E-state index is 0.0184. The van der Waals surface area contributed by atoms with Crippen molar-refractivity contribution in [3.63, 3.8) is 0 Å². The Balaban J connectivity index is 2.03. The van der Waals surface area contributed by atoms with Gasteiger partial charge in [0.05, 0.1) is 29.8 Å². The van der Waals surface area contributed by atoms with E-state index in [1.807, 2.05) is 52.1 Å². The molecule has 0 saturated heterocycles. The highest BCUT2D eigenvalue weighted by Crippen LogP contribution is 2.26. The van der Waals surface area contributed by atoms with Crippen LogP contribution < -0.4 is 4.74 Å². The molecule has 0 N–H and O–H groups in total. The monoisotopic (exact) mass is 332 g/mol. The third kappa shape index (κ3) is 4.32. The first-order valence-corrected chi connectivity index (χ1v) is 8.65. The van der Waals surface area contributed by atoms with Gasteiger partial charge in [-0.1, -0.05) is 12.1 Å². The van der Waals surface area contributed by atoms with Crippen LogP contribution in [0.2, 0.25) is 0 Å². The molecule has 0 saturated carbocycles. The van der Waals surface area contributed by atoms with Crippen LogP contribution in [0.5, 0.6) is 5.75 Å². The van der Waals surface area contributed by atoms with Crippen molar-refractivity contribution in [3.8, 4) is 5.75 Å². The lowest BCUT2D eigenvalue weighted by molar-refractivity contribution is -0.131. The number of carbonyl (C=O) groups is 1. The molecule has 0 aliphatic rings. The van der Waals surface area contributed by atoms with Crippen molar-refractivity contribution < 1.29 is 9.53 Å². The third-order valence-electron chi connectivity index (χ3n) is 3.90. The maximum atomic E-state index is 12.5. The van der Waals surface area contributed by atoms with Crippen molar-refractivity contribution in [1.82, 2.24) is 9.88 Å². The SMILES string of the molecule is CCOc1ccc(CC(=O)N(C)[C@H](C)c2nc(C)sc2C)cc1. The van der Waals surface area contributed by atoms with Crippen LogP contribution in [-0.2, 0) is 11.2 Å². The van der Waals surface area contributed by atoms with E-state index in [-0.39, 0.29) is 11.9 Å². The molecule has 1 amide bonds. The van der Waals surface area contributed by atoms with E-state index in [0.29, 0.717) is 13.0 Å². The maximum Gasteiger partial charge on any atom is 0.227 e. The van der Waals surface area contributed by atoms with Crippen molar-refractivity contribution in [3.05, 3.63) is 45.4 Å². The Morgan fingerprint density at radius 1 is 1.30 bits per heavy atom. The molecular weight excluding hydrogens is 308 g/mol. The summed E-state index contributed by atoms with van der Waals surface area (Å²) in [6.45, 7) is 8.68. The number of thiazole rings is 1. The summed E-state index contributed by atoms with van der Waals surface area (Å²) >= 11 is 1.67. The van der Waals surface area contributed by atoms with Crippen LogP contribution in [0.25, 0.3) is 0 Å². The highest BCUT2D eigenvalue weighted by atomic mass is 32.1. The second-order valence-electron chi connectivity index (χ2n) is 5.61. The molecule has 124 valence electrons. The molecule has 0 fully saturated rings. The molecule has 1 atom stereocenters. The molecule has 1 aromatic carbocycles.